The summed E-state index contributed by atoms with van der Waals surface area (Å²) < 4.78 is 5.34. The Balaban J connectivity index is 2.15. The lowest BCUT2D eigenvalue weighted by Crippen LogP contribution is -2.63. The van der Waals surface area contributed by atoms with Gasteiger partial charge in [-0.2, -0.15) is 0 Å². The Morgan fingerprint density at radius 2 is 2.11 bits per heavy atom. The highest BCUT2D eigenvalue weighted by molar-refractivity contribution is 5.95. The SMILES string of the molecule is CC(C)(C)C1C(=O)NCC(=O)N1CC1CCOC1. The average Bonchev–Trinajstić information content (AvgIpc) is 2.74. The molecule has 2 rings (SSSR count). The van der Waals surface area contributed by atoms with E-state index in [9.17, 15) is 9.59 Å². The molecular weight excluding hydrogens is 232 g/mol. The van der Waals surface area contributed by atoms with Gasteiger partial charge in [-0.25, -0.2) is 0 Å². The molecule has 0 radical (unpaired) electrons. The third kappa shape index (κ3) is 2.66. The number of nitrogens with one attached hydrogen (secondary N) is 1. The Morgan fingerprint density at radius 1 is 1.39 bits per heavy atom. The number of amides is 2. The Bertz CT molecular complexity index is 343. The molecule has 0 aromatic carbocycles. The number of rotatable bonds is 2. The predicted octanol–water partition coefficient (Wildman–Crippen LogP) is 0.396. The molecule has 2 atom stereocenters. The lowest BCUT2D eigenvalue weighted by Gasteiger charge is -2.42. The number of hydrogen-bond donors (Lipinski definition) is 1. The van der Waals surface area contributed by atoms with Crippen LogP contribution < -0.4 is 5.32 Å². The van der Waals surface area contributed by atoms with Crippen LogP contribution in [0.2, 0.25) is 0 Å². The van der Waals surface area contributed by atoms with Crippen LogP contribution in [0.15, 0.2) is 0 Å². The minimum absolute atomic E-state index is 0.0152. The van der Waals surface area contributed by atoms with Crippen molar-refractivity contribution in [2.45, 2.75) is 33.2 Å². The van der Waals surface area contributed by atoms with Crippen molar-refractivity contribution in [2.75, 3.05) is 26.3 Å². The Labute approximate surface area is 108 Å². The molecule has 2 fully saturated rings. The van der Waals surface area contributed by atoms with Crippen molar-refractivity contribution >= 4 is 11.8 Å². The molecule has 2 unspecified atom stereocenters. The van der Waals surface area contributed by atoms with Gasteiger partial charge in [-0.15, -0.1) is 0 Å². The van der Waals surface area contributed by atoms with E-state index >= 15 is 0 Å². The Morgan fingerprint density at radius 3 is 2.67 bits per heavy atom. The van der Waals surface area contributed by atoms with E-state index in [1.54, 1.807) is 4.90 Å². The predicted molar refractivity (Wildman–Crippen MR) is 66.9 cm³/mol. The molecule has 2 aliphatic rings. The van der Waals surface area contributed by atoms with Crippen LogP contribution in [0.1, 0.15) is 27.2 Å². The molecule has 0 spiro atoms. The summed E-state index contributed by atoms with van der Waals surface area (Å²) >= 11 is 0. The monoisotopic (exact) mass is 254 g/mol. The van der Waals surface area contributed by atoms with E-state index in [0.29, 0.717) is 19.1 Å². The molecule has 0 bridgehead atoms. The van der Waals surface area contributed by atoms with E-state index in [-0.39, 0.29) is 29.8 Å². The van der Waals surface area contributed by atoms with E-state index in [1.807, 2.05) is 20.8 Å². The fourth-order valence-electron chi connectivity index (χ4n) is 2.72. The lowest BCUT2D eigenvalue weighted by molar-refractivity contribution is -0.150. The van der Waals surface area contributed by atoms with Gasteiger partial charge in [0, 0.05) is 19.1 Å². The summed E-state index contributed by atoms with van der Waals surface area (Å²) in [5, 5.41) is 2.68. The fourth-order valence-corrected chi connectivity index (χ4v) is 2.72. The number of carbonyl (C=O) groups is 2. The van der Waals surface area contributed by atoms with E-state index in [0.717, 1.165) is 13.0 Å². The number of hydrogen-bond acceptors (Lipinski definition) is 3. The number of nitrogens with zero attached hydrogens (tertiary/aromatic N) is 1. The van der Waals surface area contributed by atoms with Crippen molar-refractivity contribution < 1.29 is 14.3 Å². The van der Waals surface area contributed by atoms with E-state index in [4.69, 9.17) is 4.74 Å². The maximum absolute atomic E-state index is 12.1. The molecule has 2 amide bonds. The van der Waals surface area contributed by atoms with Gasteiger partial charge in [0.05, 0.1) is 13.2 Å². The van der Waals surface area contributed by atoms with Crippen LogP contribution in [0.4, 0.5) is 0 Å². The van der Waals surface area contributed by atoms with Crippen molar-refractivity contribution in [3.05, 3.63) is 0 Å². The van der Waals surface area contributed by atoms with Gasteiger partial charge in [0.25, 0.3) is 0 Å². The third-order valence-corrected chi connectivity index (χ3v) is 3.59. The zero-order chi connectivity index (χ0) is 13.3. The van der Waals surface area contributed by atoms with Gasteiger partial charge < -0.3 is 15.0 Å². The molecule has 5 heteroatoms. The van der Waals surface area contributed by atoms with Crippen molar-refractivity contribution in [3.63, 3.8) is 0 Å². The van der Waals surface area contributed by atoms with Crippen molar-refractivity contribution in [1.29, 1.82) is 0 Å². The molecule has 0 aliphatic carbocycles. The standard InChI is InChI=1S/C13H22N2O3/c1-13(2,3)11-12(17)14-6-10(16)15(11)7-9-4-5-18-8-9/h9,11H,4-8H2,1-3H3,(H,14,17). The van der Waals surface area contributed by atoms with Crippen molar-refractivity contribution in [3.8, 4) is 0 Å². The fraction of sp³-hybridized carbons (Fsp3) is 0.846. The summed E-state index contributed by atoms with van der Waals surface area (Å²) in [7, 11) is 0. The molecule has 2 aliphatic heterocycles. The summed E-state index contributed by atoms with van der Waals surface area (Å²) in [4.78, 5) is 25.8. The highest BCUT2D eigenvalue weighted by Gasteiger charge is 2.42. The topological polar surface area (TPSA) is 58.6 Å². The quantitative estimate of drug-likeness (QED) is 0.776. The second-order valence-corrected chi connectivity index (χ2v) is 6.26. The summed E-state index contributed by atoms with van der Waals surface area (Å²) in [6.07, 6.45) is 0.974. The van der Waals surface area contributed by atoms with Gasteiger partial charge in [0.2, 0.25) is 11.8 Å². The first-order chi connectivity index (χ1) is 8.39. The summed E-state index contributed by atoms with van der Waals surface area (Å²) in [5.41, 5.74) is -0.250. The van der Waals surface area contributed by atoms with E-state index < -0.39 is 0 Å². The van der Waals surface area contributed by atoms with E-state index in [1.165, 1.54) is 0 Å². The third-order valence-electron chi connectivity index (χ3n) is 3.59. The van der Waals surface area contributed by atoms with Crippen LogP contribution in [0, 0.1) is 11.3 Å². The highest BCUT2D eigenvalue weighted by atomic mass is 16.5. The van der Waals surface area contributed by atoms with Crippen LogP contribution in [0.3, 0.4) is 0 Å². The van der Waals surface area contributed by atoms with Crippen LogP contribution >= 0.6 is 0 Å². The summed E-state index contributed by atoms with van der Waals surface area (Å²) in [6, 6.07) is -0.376. The van der Waals surface area contributed by atoms with Crippen LogP contribution in [0.5, 0.6) is 0 Å². The Hall–Kier alpha value is -1.10. The van der Waals surface area contributed by atoms with Gasteiger partial charge in [-0.05, 0) is 11.8 Å². The average molecular weight is 254 g/mol. The number of ether oxygens (including phenoxy) is 1. The first-order valence-electron chi connectivity index (χ1n) is 6.54. The zero-order valence-electron chi connectivity index (χ0n) is 11.4. The molecule has 18 heavy (non-hydrogen) atoms. The molecule has 5 nitrogen and oxygen atoms in total. The van der Waals surface area contributed by atoms with Crippen LogP contribution in [-0.2, 0) is 14.3 Å². The molecular formula is C13H22N2O3. The van der Waals surface area contributed by atoms with Crippen molar-refractivity contribution in [1.82, 2.24) is 10.2 Å². The molecule has 0 aromatic heterocycles. The van der Waals surface area contributed by atoms with Gasteiger partial charge in [0.1, 0.15) is 6.04 Å². The summed E-state index contributed by atoms with van der Waals surface area (Å²) in [5.74, 6) is 0.340. The first kappa shape index (κ1) is 13.3. The van der Waals surface area contributed by atoms with Gasteiger partial charge in [-0.1, -0.05) is 20.8 Å². The first-order valence-corrected chi connectivity index (χ1v) is 6.54. The minimum atomic E-state index is -0.376. The summed E-state index contributed by atoms with van der Waals surface area (Å²) in [6.45, 7) is 8.20. The maximum Gasteiger partial charge on any atom is 0.243 e. The van der Waals surface area contributed by atoms with Crippen LogP contribution in [0.25, 0.3) is 0 Å². The second kappa shape index (κ2) is 4.88. The molecule has 0 saturated carbocycles. The molecule has 102 valence electrons. The molecule has 0 aromatic rings. The minimum Gasteiger partial charge on any atom is -0.381 e. The maximum atomic E-state index is 12.1. The lowest BCUT2D eigenvalue weighted by atomic mass is 9.83. The Kier molecular flexibility index (Phi) is 3.61. The normalized spacial score (nSPS) is 29.6. The second-order valence-electron chi connectivity index (χ2n) is 6.26. The van der Waals surface area contributed by atoms with Gasteiger partial charge in [0.15, 0.2) is 0 Å². The molecule has 2 heterocycles. The molecule has 1 N–H and O–H groups in total. The smallest absolute Gasteiger partial charge is 0.243 e. The largest absolute Gasteiger partial charge is 0.381 e. The highest BCUT2D eigenvalue weighted by Crippen LogP contribution is 2.28. The number of carbonyl (C=O) groups excluding carboxylic acids is 2. The molecule has 2 saturated heterocycles. The van der Waals surface area contributed by atoms with Gasteiger partial charge >= 0.3 is 0 Å². The van der Waals surface area contributed by atoms with Crippen molar-refractivity contribution in [2.24, 2.45) is 11.3 Å². The number of piperazine rings is 1. The van der Waals surface area contributed by atoms with Crippen LogP contribution in [-0.4, -0.2) is 49.1 Å². The van der Waals surface area contributed by atoms with Gasteiger partial charge in [-0.3, -0.25) is 9.59 Å². The van der Waals surface area contributed by atoms with E-state index in [2.05, 4.69) is 5.32 Å². The zero-order valence-corrected chi connectivity index (χ0v) is 11.4.